The van der Waals surface area contributed by atoms with Gasteiger partial charge in [0.15, 0.2) is 0 Å². The fourth-order valence-corrected chi connectivity index (χ4v) is 1.47. The molecule has 17 heavy (non-hydrogen) atoms. The number of hydrogen-bond acceptors (Lipinski definition) is 2. The van der Waals surface area contributed by atoms with Crippen LogP contribution in [0.25, 0.3) is 0 Å². The van der Waals surface area contributed by atoms with Gasteiger partial charge >= 0.3 is 5.97 Å². The summed E-state index contributed by atoms with van der Waals surface area (Å²) in [6.07, 6.45) is 1.84. The monoisotopic (exact) mass is 253 g/mol. The lowest BCUT2D eigenvalue weighted by molar-refractivity contribution is -0.132. The lowest BCUT2D eigenvalue weighted by Gasteiger charge is -2.15. The van der Waals surface area contributed by atoms with Crippen LogP contribution in [0.2, 0.25) is 5.02 Å². The van der Waals surface area contributed by atoms with Gasteiger partial charge < -0.3 is 10.0 Å². The van der Waals surface area contributed by atoms with E-state index in [-0.39, 0.29) is 5.91 Å². The molecule has 0 spiro atoms. The van der Waals surface area contributed by atoms with Crippen LogP contribution in [0.5, 0.6) is 0 Å². The van der Waals surface area contributed by atoms with Crippen LogP contribution in [-0.2, 0) is 16.1 Å². The molecule has 1 rings (SSSR count). The molecular weight excluding hydrogens is 242 g/mol. The predicted octanol–water partition coefficient (Wildman–Crippen LogP) is 1.94. The van der Waals surface area contributed by atoms with Gasteiger partial charge in [-0.25, -0.2) is 4.79 Å². The van der Waals surface area contributed by atoms with E-state index in [4.69, 9.17) is 16.7 Å². The molecule has 1 aromatic rings. The average molecular weight is 254 g/mol. The highest BCUT2D eigenvalue weighted by molar-refractivity contribution is 6.30. The Kier molecular flexibility index (Phi) is 4.72. The molecule has 0 fully saturated rings. The van der Waals surface area contributed by atoms with Gasteiger partial charge in [-0.2, -0.15) is 0 Å². The van der Waals surface area contributed by atoms with Crippen molar-refractivity contribution in [3.05, 3.63) is 47.0 Å². The summed E-state index contributed by atoms with van der Waals surface area (Å²) in [6.45, 7) is 0.378. The molecule has 0 bridgehead atoms. The number of carbonyl (C=O) groups is 2. The van der Waals surface area contributed by atoms with E-state index in [1.165, 1.54) is 4.90 Å². The Bertz CT molecular complexity index is 457. The summed E-state index contributed by atoms with van der Waals surface area (Å²) in [6, 6.07) is 7.14. The van der Waals surface area contributed by atoms with Crippen LogP contribution >= 0.6 is 11.6 Å². The van der Waals surface area contributed by atoms with Crippen LogP contribution < -0.4 is 0 Å². The second-order valence-corrected chi connectivity index (χ2v) is 3.93. The third kappa shape index (κ3) is 4.70. The molecule has 4 nitrogen and oxygen atoms in total. The smallest absolute Gasteiger partial charge is 0.328 e. The highest BCUT2D eigenvalue weighted by Gasteiger charge is 2.06. The molecule has 0 aliphatic carbocycles. The van der Waals surface area contributed by atoms with E-state index >= 15 is 0 Å². The maximum atomic E-state index is 11.5. The molecule has 0 saturated carbocycles. The van der Waals surface area contributed by atoms with E-state index in [0.29, 0.717) is 11.6 Å². The first-order chi connectivity index (χ1) is 7.99. The second kappa shape index (κ2) is 6.06. The van der Waals surface area contributed by atoms with Crippen LogP contribution in [0.1, 0.15) is 5.56 Å². The molecule has 0 unspecified atom stereocenters. The van der Waals surface area contributed by atoms with E-state index in [1.54, 1.807) is 25.2 Å². The quantitative estimate of drug-likeness (QED) is 0.835. The Morgan fingerprint density at radius 2 is 2.12 bits per heavy atom. The number of carbonyl (C=O) groups excluding carboxylic acids is 1. The standard InChI is InChI=1S/C12H12ClNO3/c1-14(11(15)5-6-12(16)17)8-9-3-2-4-10(13)7-9/h2-7H,8H2,1H3,(H,16,17)/b6-5+. The molecular formula is C12H12ClNO3. The molecule has 5 heteroatoms. The molecule has 0 saturated heterocycles. The lowest BCUT2D eigenvalue weighted by atomic mass is 10.2. The lowest BCUT2D eigenvalue weighted by Crippen LogP contribution is -2.24. The van der Waals surface area contributed by atoms with Gasteiger partial charge in [-0.3, -0.25) is 4.79 Å². The summed E-state index contributed by atoms with van der Waals surface area (Å²) in [5.74, 6) is -1.51. The van der Waals surface area contributed by atoms with Gasteiger partial charge in [0.1, 0.15) is 0 Å². The Balaban J connectivity index is 2.63. The molecule has 0 aliphatic heterocycles. The zero-order valence-electron chi connectivity index (χ0n) is 9.26. The molecule has 1 N–H and O–H groups in total. The minimum absolute atomic E-state index is 0.368. The normalized spacial score (nSPS) is 10.5. The summed E-state index contributed by atoms with van der Waals surface area (Å²) >= 11 is 5.82. The highest BCUT2D eigenvalue weighted by Crippen LogP contribution is 2.12. The van der Waals surface area contributed by atoms with Gasteiger partial charge in [-0.15, -0.1) is 0 Å². The second-order valence-electron chi connectivity index (χ2n) is 3.50. The Labute approximate surface area is 104 Å². The number of nitrogens with zero attached hydrogens (tertiary/aromatic N) is 1. The van der Waals surface area contributed by atoms with Crippen molar-refractivity contribution in [3.8, 4) is 0 Å². The highest BCUT2D eigenvalue weighted by atomic mass is 35.5. The molecule has 0 atom stereocenters. The first-order valence-corrected chi connectivity index (χ1v) is 5.27. The number of rotatable bonds is 4. The molecule has 90 valence electrons. The number of amides is 1. The summed E-state index contributed by atoms with van der Waals surface area (Å²) in [4.78, 5) is 23.1. The van der Waals surface area contributed by atoms with E-state index in [0.717, 1.165) is 17.7 Å². The molecule has 0 aliphatic rings. The first-order valence-electron chi connectivity index (χ1n) is 4.89. The van der Waals surface area contributed by atoms with Crippen LogP contribution in [-0.4, -0.2) is 28.9 Å². The van der Waals surface area contributed by atoms with Gasteiger partial charge in [-0.05, 0) is 17.7 Å². The number of benzene rings is 1. The van der Waals surface area contributed by atoms with Gasteiger partial charge in [-0.1, -0.05) is 23.7 Å². The van der Waals surface area contributed by atoms with Crippen molar-refractivity contribution in [2.75, 3.05) is 7.05 Å². The number of carboxylic acids is 1. The Hall–Kier alpha value is -1.81. The number of aliphatic carboxylic acids is 1. The first kappa shape index (κ1) is 13.3. The fourth-order valence-electron chi connectivity index (χ4n) is 1.26. The average Bonchev–Trinajstić information content (AvgIpc) is 2.25. The zero-order valence-corrected chi connectivity index (χ0v) is 10.0. The largest absolute Gasteiger partial charge is 0.478 e. The van der Waals surface area contributed by atoms with Crippen LogP contribution in [0.15, 0.2) is 36.4 Å². The maximum Gasteiger partial charge on any atom is 0.328 e. The van der Waals surface area contributed by atoms with Gasteiger partial charge in [0.25, 0.3) is 0 Å². The van der Waals surface area contributed by atoms with Crippen molar-refractivity contribution < 1.29 is 14.7 Å². The minimum atomic E-state index is -1.14. The summed E-state index contributed by atoms with van der Waals surface area (Å²) in [7, 11) is 1.59. The maximum absolute atomic E-state index is 11.5. The van der Waals surface area contributed by atoms with Gasteiger partial charge in [0.05, 0.1) is 0 Å². The molecule has 0 radical (unpaired) electrons. The Morgan fingerprint density at radius 3 is 2.71 bits per heavy atom. The topological polar surface area (TPSA) is 57.6 Å². The van der Waals surface area contributed by atoms with E-state index in [9.17, 15) is 9.59 Å². The zero-order chi connectivity index (χ0) is 12.8. The number of carboxylic acid groups (broad SMARTS) is 1. The fraction of sp³-hybridized carbons (Fsp3) is 0.167. The van der Waals surface area contributed by atoms with Crippen molar-refractivity contribution in [3.63, 3.8) is 0 Å². The summed E-state index contributed by atoms with van der Waals surface area (Å²) in [5, 5.41) is 9.00. The summed E-state index contributed by atoms with van der Waals surface area (Å²) in [5.41, 5.74) is 0.886. The molecule has 1 aromatic carbocycles. The SMILES string of the molecule is CN(Cc1cccc(Cl)c1)C(=O)/C=C/C(=O)O. The van der Waals surface area contributed by atoms with Gasteiger partial charge in [0.2, 0.25) is 5.91 Å². The van der Waals surface area contributed by atoms with Gasteiger partial charge in [0, 0.05) is 30.8 Å². The summed E-state index contributed by atoms with van der Waals surface area (Å²) < 4.78 is 0. The van der Waals surface area contributed by atoms with Crippen LogP contribution in [0, 0.1) is 0 Å². The van der Waals surface area contributed by atoms with E-state index < -0.39 is 5.97 Å². The predicted molar refractivity (Wildman–Crippen MR) is 64.7 cm³/mol. The van der Waals surface area contributed by atoms with E-state index in [2.05, 4.69) is 0 Å². The third-order valence-corrected chi connectivity index (χ3v) is 2.29. The molecule has 1 amide bonds. The minimum Gasteiger partial charge on any atom is -0.478 e. The molecule has 0 aromatic heterocycles. The number of hydrogen-bond donors (Lipinski definition) is 1. The van der Waals surface area contributed by atoms with E-state index in [1.807, 2.05) is 6.07 Å². The molecule has 0 heterocycles. The Morgan fingerprint density at radius 1 is 1.41 bits per heavy atom. The number of likely N-dealkylation sites (N-methyl/N-ethyl adjacent to an activating group) is 1. The van der Waals surface area contributed by atoms with Crippen molar-refractivity contribution in [1.82, 2.24) is 4.90 Å². The van der Waals surface area contributed by atoms with Crippen molar-refractivity contribution in [2.45, 2.75) is 6.54 Å². The van der Waals surface area contributed by atoms with Crippen molar-refractivity contribution in [2.24, 2.45) is 0 Å². The van der Waals surface area contributed by atoms with Crippen molar-refractivity contribution >= 4 is 23.5 Å². The third-order valence-electron chi connectivity index (χ3n) is 2.05. The van der Waals surface area contributed by atoms with Crippen LogP contribution in [0.3, 0.4) is 0 Å². The van der Waals surface area contributed by atoms with Crippen molar-refractivity contribution in [1.29, 1.82) is 0 Å². The van der Waals surface area contributed by atoms with Crippen LogP contribution in [0.4, 0.5) is 0 Å². The number of halogens is 1.